The molecule has 0 radical (unpaired) electrons. The lowest BCUT2D eigenvalue weighted by atomic mass is 9.92. The monoisotopic (exact) mass is 573 g/mol. The summed E-state index contributed by atoms with van der Waals surface area (Å²) in [6.45, 7) is -2.26. The number of hydrogen-bond acceptors (Lipinski definition) is 2. The van der Waals surface area contributed by atoms with Gasteiger partial charge in [0.15, 0.2) is 0 Å². The minimum Gasteiger partial charge on any atom is -0.267 e. The Morgan fingerprint density at radius 3 is 1.55 bits per heavy atom. The summed E-state index contributed by atoms with van der Waals surface area (Å²) in [5.41, 5.74) is 0.0216. The van der Waals surface area contributed by atoms with Crippen LogP contribution in [0.1, 0.15) is 22.3 Å². The molecule has 0 aromatic heterocycles. The third-order valence-electron chi connectivity index (χ3n) is 5.10. The largest absolute Gasteiger partial charge is 0.460 e. The molecule has 38 heavy (non-hydrogen) atoms. The van der Waals surface area contributed by atoms with Crippen LogP contribution in [0, 0.1) is 0 Å². The van der Waals surface area contributed by atoms with Crippen molar-refractivity contribution in [1.82, 2.24) is 5.06 Å². The van der Waals surface area contributed by atoms with Gasteiger partial charge >= 0.3 is 35.8 Å². The van der Waals surface area contributed by atoms with E-state index in [1.807, 2.05) is 0 Å². The summed E-state index contributed by atoms with van der Waals surface area (Å²) in [4.78, 5) is 17.6. The van der Waals surface area contributed by atoms with Gasteiger partial charge in [-0.05, 0) is 17.7 Å². The summed E-state index contributed by atoms with van der Waals surface area (Å²) in [6.07, 6.45) is -10.1. The van der Waals surface area contributed by atoms with E-state index in [9.17, 15) is 61.9 Å². The second-order valence-corrected chi connectivity index (χ2v) is 7.78. The van der Waals surface area contributed by atoms with Gasteiger partial charge in [-0.15, -0.1) is 0 Å². The average molecular weight is 573 g/mol. The summed E-state index contributed by atoms with van der Waals surface area (Å²) >= 11 is 0. The summed E-state index contributed by atoms with van der Waals surface area (Å²) < 4.78 is 173. The molecule has 16 heteroatoms. The zero-order chi connectivity index (χ0) is 29.2. The van der Waals surface area contributed by atoms with E-state index < -0.39 is 61.3 Å². The molecule has 2 aromatic carbocycles. The molecule has 0 bridgehead atoms. The first-order chi connectivity index (χ1) is 17.2. The van der Waals surface area contributed by atoms with E-state index in [2.05, 4.69) is 0 Å². The molecule has 0 aliphatic rings. The van der Waals surface area contributed by atoms with Gasteiger partial charge in [-0.1, -0.05) is 48.5 Å². The molecule has 0 heterocycles. The van der Waals surface area contributed by atoms with Crippen LogP contribution < -0.4 is 0 Å². The predicted octanol–water partition coefficient (Wildman–Crippen LogP) is 7.39. The number of halogens is 13. The van der Waals surface area contributed by atoms with Gasteiger partial charge in [0.2, 0.25) is 0 Å². The molecule has 1 amide bonds. The maximum absolute atomic E-state index is 14.2. The van der Waals surface area contributed by atoms with Crippen LogP contribution in [-0.2, 0) is 11.4 Å². The molecule has 2 aromatic rings. The highest BCUT2D eigenvalue weighted by atomic mass is 19.4. The van der Waals surface area contributed by atoms with Crippen molar-refractivity contribution in [3.8, 4) is 0 Å². The molecule has 2 rings (SSSR count). The third kappa shape index (κ3) is 5.68. The molecule has 0 aliphatic carbocycles. The molecule has 0 fully saturated rings. The molecule has 212 valence electrons. The number of nitrogens with zero attached hydrogens (tertiary/aromatic N) is 1. The van der Waals surface area contributed by atoms with Crippen LogP contribution in [0.5, 0.6) is 0 Å². The maximum Gasteiger partial charge on any atom is 0.460 e. The number of carbonyl (C=O) groups excluding carboxylic acids is 1. The number of hydrogen-bond donors (Lipinski definition) is 0. The van der Waals surface area contributed by atoms with Crippen LogP contribution in [0.3, 0.4) is 0 Å². The Morgan fingerprint density at radius 1 is 0.632 bits per heavy atom. The summed E-state index contributed by atoms with van der Waals surface area (Å²) in [5.74, 6) is -38.8. The number of benzene rings is 2. The van der Waals surface area contributed by atoms with Gasteiger partial charge in [0.25, 0.3) is 5.91 Å². The lowest BCUT2D eigenvalue weighted by Crippen LogP contribution is -2.70. The zero-order valence-corrected chi connectivity index (χ0v) is 18.6. The second-order valence-electron chi connectivity index (χ2n) is 7.78. The van der Waals surface area contributed by atoms with E-state index in [-0.39, 0.29) is 10.6 Å². The highest BCUT2D eigenvalue weighted by molar-refractivity contribution is 5.93. The topological polar surface area (TPSA) is 29.5 Å². The molecule has 0 aliphatic heterocycles. The van der Waals surface area contributed by atoms with E-state index in [4.69, 9.17) is 4.84 Å². The fourth-order valence-electron chi connectivity index (χ4n) is 2.88. The Morgan fingerprint density at radius 2 is 1.08 bits per heavy atom. The molecular formula is C22H16F13NO2. The maximum atomic E-state index is 14.2. The van der Waals surface area contributed by atoms with Crippen LogP contribution in [0.2, 0.25) is 0 Å². The number of hydroxylamine groups is 2. The smallest absolute Gasteiger partial charge is 0.267 e. The molecular weight excluding hydrogens is 557 g/mol. The van der Waals surface area contributed by atoms with Crippen molar-refractivity contribution in [2.75, 3.05) is 6.54 Å². The average Bonchev–Trinajstić information content (AvgIpc) is 2.83. The Bertz CT molecular complexity index is 1070. The highest BCUT2D eigenvalue weighted by Crippen LogP contribution is 2.60. The summed E-state index contributed by atoms with van der Waals surface area (Å²) in [5, 5.41) is 0.00687. The fraction of sp³-hybridized carbons (Fsp3) is 0.409. The van der Waals surface area contributed by atoms with Gasteiger partial charge in [-0.3, -0.25) is 9.63 Å². The van der Waals surface area contributed by atoms with Gasteiger partial charge in [-0.2, -0.15) is 57.1 Å². The van der Waals surface area contributed by atoms with Gasteiger partial charge in [0.1, 0.15) is 6.61 Å². The van der Waals surface area contributed by atoms with Crippen molar-refractivity contribution in [3.05, 3.63) is 71.8 Å². The normalized spacial score (nSPS) is 13.9. The molecule has 0 atom stereocenters. The Labute approximate surface area is 205 Å². The number of amides is 1. The van der Waals surface area contributed by atoms with Crippen molar-refractivity contribution in [3.63, 3.8) is 0 Å². The zero-order valence-electron chi connectivity index (χ0n) is 18.6. The van der Waals surface area contributed by atoms with Gasteiger partial charge in [0.05, 0.1) is 6.54 Å². The highest BCUT2D eigenvalue weighted by Gasteiger charge is 2.90. The van der Waals surface area contributed by atoms with Crippen molar-refractivity contribution >= 4 is 5.91 Å². The van der Waals surface area contributed by atoms with Crippen LogP contribution in [0.15, 0.2) is 60.7 Å². The van der Waals surface area contributed by atoms with E-state index in [0.29, 0.717) is 5.56 Å². The Balaban J connectivity index is 2.34. The molecule has 0 unspecified atom stereocenters. The molecule has 0 N–H and O–H groups in total. The fourth-order valence-corrected chi connectivity index (χ4v) is 2.88. The van der Waals surface area contributed by atoms with E-state index >= 15 is 0 Å². The minimum absolute atomic E-state index is 0.00687. The van der Waals surface area contributed by atoms with Crippen LogP contribution >= 0.6 is 0 Å². The van der Waals surface area contributed by atoms with E-state index in [0.717, 1.165) is 12.1 Å². The van der Waals surface area contributed by atoms with Crippen molar-refractivity contribution in [2.45, 2.75) is 48.8 Å². The van der Waals surface area contributed by atoms with Crippen LogP contribution in [-0.4, -0.2) is 53.3 Å². The first-order valence-corrected chi connectivity index (χ1v) is 10.2. The lowest BCUT2D eigenvalue weighted by molar-refractivity contribution is -0.440. The Hall–Kier alpha value is -3.04. The summed E-state index contributed by atoms with van der Waals surface area (Å²) in [6, 6.07) is 13.6. The number of carbonyl (C=O) groups is 1. The second kappa shape index (κ2) is 10.6. The quantitative estimate of drug-likeness (QED) is 0.207. The lowest BCUT2D eigenvalue weighted by Gasteiger charge is -2.40. The molecule has 3 nitrogen and oxygen atoms in total. The molecule has 0 saturated carbocycles. The molecule has 0 spiro atoms. The molecule has 0 saturated heterocycles. The van der Waals surface area contributed by atoms with Gasteiger partial charge < -0.3 is 0 Å². The number of alkyl halides is 13. The summed E-state index contributed by atoms with van der Waals surface area (Å²) in [7, 11) is 0. The first kappa shape index (κ1) is 31.2. The van der Waals surface area contributed by atoms with Crippen molar-refractivity contribution in [1.29, 1.82) is 0 Å². The van der Waals surface area contributed by atoms with Crippen LogP contribution in [0.25, 0.3) is 0 Å². The standard InChI is InChI=1S/C22H16F13NO2/c23-17(24,18(25,26)19(27,28)20(29,30)21(31,32)22(33,34)35)11-12-36(16(37)15-9-5-2-6-10-15)38-13-14-7-3-1-4-8-14/h1-10H,11-13H2. The first-order valence-electron chi connectivity index (χ1n) is 10.2. The van der Waals surface area contributed by atoms with E-state index in [1.165, 1.54) is 42.5 Å². The van der Waals surface area contributed by atoms with Crippen molar-refractivity contribution < 1.29 is 66.7 Å². The predicted molar refractivity (Wildman–Crippen MR) is 104 cm³/mol. The van der Waals surface area contributed by atoms with Gasteiger partial charge in [0, 0.05) is 12.0 Å². The van der Waals surface area contributed by atoms with Crippen molar-refractivity contribution in [2.24, 2.45) is 0 Å². The van der Waals surface area contributed by atoms with Gasteiger partial charge in [-0.25, -0.2) is 5.06 Å². The number of rotatable bonds is 11. The van der Waals surface area contributed by atoms with Crippen LogP contribution in [0.4, 0.5) is 57.1 Å². The Kier molecular flexibility index (Phi) is 8.71. The third-order valence-corrected chi connectivity index (χ3v) is 5.10. The van der Waals surface area contributed by atoms with E-state index in [1.54, 1.807) is 6.07 Å². The SMILES string of the molecule is O=C(c1ccccc1)N(CCC(F)(F)C(F)(F)C(F)(F)C(F)(F)C(F)(F)C(F)(F)F)OCc1ccccc1. The minimum atomic E-state index is -7.99.